The largest absolute Gasteiger partial charge is 0.497 e. The van der Waals surface area contributed by atoms with Crippen LogP contribution in [0.1, 0.15) is 42.1 Å². The summed E-state index contributed by atoms with van der Waals surface area (Å²) in [7, 11) is 1.73. The van der Waals surface area contributed by atoms with Crippen LogP contribution in [0.4, 0.5) is 0 Å². The van der Waals surface area contributed by atoms with Gasteiger partial charge in [0.15, 0.2) is 0 Å². The van der Waals surface area contributed by atoms with Crippen molar-refractivity contribution in [1.29, 1.82) is 0 Å². The lowest BCUT2D eigenvalue weighted by Crippen LogP contribution is -2.33. The summed E-state index contributed by atoms with van der Waals surface area (Å²) < 4.78 is 7.55. The molecule has 0 bridgehead atoms. The normalized spacial score (nSPS) is 18.6. The SMILES string of the molecule is COc1cccc(C2CCCCN2Cc2cn3cc(C)ccc3n2)c1. The van der Waals surface area contributed by atoms with Gasteiger partial charge < -0.3 is 9.14 Å². The van der Waals surface area contributed by atoms with Gasteiger partial charge in [-0.25, -0.2) is 4.98 Å². The maximum atomic E-state index is 5.42. The molecule has 25 heavy (non-hydrogen) atoms. The van der Waals surface area contributed by atoms with Gasteiger partial charge in [-0.05, 0) is 55.6 Å². The van der Waals surface area contributed by atoms with Gasteiger partial charge in [-0.1, -0.05) is 24.6 Å². The number of benzene rings is 1. The number of ether oxygens (including phenoxy) is 1. The van der Waals surface area contributed by atoms with E-state index < -0.39 is 0 Å². The number of hydrogen-bond acceptors (Lipinski definition) is 3. The molecule has 0 saturated carbocycles. The second-order valence-electron chi connectivity index (χ2n) is 6.96. The molecule has 0 spiro atoms. The van der Waals surface area contributed by atoms with Crippen LogP contribution in [0.3, 0.4) is 0 Å². The predicted octanol–water partition coefficient (Wildman–Crippen LogP) is 4.38. The molecule has 0 N–H and O–H groups in total. The zero-order chi connectivity index (χ0) is 17.2. The summed E-state index contributed by atoms with van der Waals surface area (Å²) in [6, 6.07) is 13.2. The van der Waals surface area contributed by atoms with Crippen LogP contribution in [0.15, 0.2) is 48.8 Å². The third-order valence-electron chi connectivity index (χ3n) is 5.11. The number of rotatable bonds is 4. The summed E-state index contributed by atoms with van der Waals surface area (Å²) in [5.41, 5.74) is 4.76. The maximum absolute atomic E-state index is 5.42. The van der Waals surface area contributed by atoms with Crippen LogP contribution >= 0.6 is 0 Å². The van der Waals surface area contributed by atoms with Crippen LogP contribution in [-0.2, 0) is 6.54 Å². The van der Waals surface area contributed by atoms with E-state index in [-0.39, 0.29) is 0 Å². The quantitative estimate of drug-likeness (QED) is 0.709. The smallest absolute Gasteiger partial charge is 0.137 e. The number of nitrogens with zero attached hydrogens (tertiary/aromatic N) is 3. The van der Waals surface area contributed by atoms with Crippen molar-refractivity contribution in [3.8, 4) is 5.75 Å². The monoisotopic (exact) mass is 335 g/mol. The zero-order valence-electron chi connectivity index (χ0n) is 15.0. The molecule has 4 heteroatoms. The number of aromatic nitrogens is 2. The average Bonchev–Trinajstić information content (AvgIpc) is 3.03. The minimum Gasteiger partial charge on any atom is -0.497 e. The number of likely N-dealkylation sites (tertiary alicyclic amines) is 1. The number of imidazole rings is 1. The number of hydrogen-bond donors (Lipinski definition) is 0. The molecule has 0 aliphatic carbocycles. The molecule has 2 aromatic heterocycles. The number of pyridine rings is 1. The lowest BCUT2D eigenvalue weighted by molar-refractivity contribution is 0.139. The van der Waals surface area contributed by atoms with Crippen molar-refractivity contribution in [1.82, 2.24) is 14.3 Å². The van der Waals surface area contributed by atoms with Crippen LogP contribution in [0.5, 0.6) is 5.75 Å². The fourth-order valence-corrected chi connectivity index (χ4v) is 3.85. The van der Waals surface area contributed by atoms with Crippen LogP contribution in [0, 0.1) is 6.92 Å². The molecule has 1 unspecified atom stereocenters. The Kier molecular flexibility index (Phi) is 4.45. The first-order valence-electron chi connectivity index (χ1n) is 9.05. The van der Waals surface area contributed by atoms with Gasteiger partial charge in [0, 0.05) is 25.0 Å². The number of fused-ring (bicyclic) bond motifs is 1. The van der Waals surface area contributed by atoms with E-state index in [4.69, 9.17) is 9.72 Å². The number of methoxy groups -OCH3 is 1. The van der Waals surface area contributed by atoms with Crippen LogP contribution in [-0.4, -0.2) is 27.9 Å². The van der Waals surface area contributed by atoms with Gasteiger partial charge in [-0.15, -0.1) is 0 Å². The molecule has 3 aromatic rings. The van der Waals surface area contributed by atoms with Crippen molar-refractivity contribution in [3.63, 3.8) is 0 Å². The van der Waals surface area contributed by atoms with Crippen LogP contribution < -0.4 is 4.74 Å². The van der Waals surface area contributed by atoms with E-state index in [0.29, 0.717) is 6.04 Å². The minimum absolute atomic E-state index is 0.440. The van der Waals surface area contributed by atoms with E-state index in [0.717, 1.165) is 30.2 Å². The van der Waals surface area contributed by atoms with Crippen molar-refractivity contribution in [2.45, 2.75) is 38.8 Å². The van der Waals surface area contributed by atoms with Crippen molar-refractivity contribution in [3.05, 3.63) is 65.6 Å². The molecule has 130 valence electrons. The molecule has 1 saturated heterocycles. The zero-order valence-corrected chi connectivity index (χ0v) is 15.0. The Morgan fingerprint density at radius 3 is 2.96 bits per heavy atom. The Balaban J connectivity index is 1.59. The van der Waals surface area contributed by atoms with E-state index in [1.54, 1.807) is 7.11 Å². The predicted molar refractivity (Wildman–Crippen MR) is 99.9 cm³/mol. The topological polar surface area (TPSA) is 29.8 Å². The Morgan fingerprint density at radius 2 is 2.08 bits per heavy atom. The van der Waals surface area contributed by atoms with E-state index in [1.165, 1.54) is 30.4 Å². The van der Waals surface area contributed by atoms with Gasteiger partial charge in [-0.3, -0.25) is 4.90 Å². The lowest BCUT2D eigenvalue weighted by atomic mass is 9.95. The summed E-state index contributed by atoms with van der Waals surface area (Å²) in [5.74, 6) is 0.936. The van der Waals surface area contributed by atoms with Crippen LogP contribution in [0.2, 0.25) is 0 Å². The Bertz CT molecular complexity index is 870. The first-order valence-corrected chi connectivity index (χ1v) is 9.05. The van der Waals surface area contributed by atoms with Crippen molar-refractivity contribution < 1.29 is 4.74 Å². The standard InChI is InChI=1S/C21H25N3O/c1-16-9-10-21-22-18(15-24(21)13-16)14-23-11-4-3-8-20(23)17-6-5-7-19(12-17)25-2/h5-7,9-10,12-13,15,20H,3-4,8,11,14H2,1-2H3. The first kappa shape index (κ1) is 16.2. The highest BCUT2D eigenvalue weighted by molar-refractivity contribution is 5.41. The molecular formula is C21H25N3O. The molecule has 1 aliphatic heterocycles. The molecule has 3 heterocycles. The molecule has 1 fully saturated rings. The van der Waals surface area contributed by atoms with Gasteiger partial charge in [-0.2, -0.15) is 0 Å². The van der Waals surface area contributed by atoms with Gasteiger partial charge in [0.2, 0.25) is 0 Å². The van der Waals surface area contributed by atoms with E-state index >= 15 is 0 Å². The highest BCUT2D eigenvalue weighted by Crippen LogP contribution is 2.33. The molecular weight excluding hydrogens is 310 g/mol. The molecule has 4 rings (SSSR count). The third kappa shape index (κ3) is 3.40. The van der Waals surface area contributed by atoms with Crippen molar-refractivity contribution >= 4 is 5.65 Å². The summed E-state index contributed by atoms with van der Waals surface area (Å²) in [4.78, 5) is 7.37. The van der Waals surface area contributed by atoms with E-state index in [1.807, 2.05) is 6.07 Å². The Morgan fingerprint density at radius 1 is 1.16 bits per heavy atom. The van der Waals surface area contributed by atoms with Gasteiger partial charge in [0.05, 0.1) is 12.8 Å². The molecule has 1 atom stereocenters. The van der Waals surface area contributed by atoms with Crippen molar-refractivity contribution in [2.24, 2.45) is 0 Å². The first-order chi connectivity index (χ1) is 12.2. The molecule has 0 radical (unpaired) electrons. The Labute approximate surface area is 149 Å². The van der Waals surface area contributed by atoms with E-state index in [9.17, 15) is 0 Å². The van der Waals surface area contributed by atoms with Gasteiger partial charge in [0.1, 0.15) is 11.4 Å². The van der Waals surface area contributed by atoms with Crippen LogP contribution in [0.25, 0.3) is 5.65 Å². The molecule has 1 aliphatic rings. The maximum Gasteiger partial charge on any atom is 0.137 e. The molecule has 1 aromatic carbocycles. The Hall–Kier alpha value is -2.33. The lowest BCUT2D eigenvalue weighted by Gasteiger charge is -2.35. The molecule has 4 nitrogen and oxygen atoms in total. The highest BCUT2D eigenvalue weighted by Gasteiger charge is 2.25. The van der Waals surface area contributed by atoms with E-state index in [2.05, 4.69) is 58.9 Å². The third-order valence-corrected chi connectivity index (χ3v) is 5.11. The highest BCUT2D eigenvalue weighted by atomic mass is 16.5. The summed E-state index contributed by atoms with van der Waals surface area (Å²) >= 11 is 0. The second-order valence-corrected chi connectivity index (χ2v) is 6.96. The molecule has 0 amide bonds. The summed E-state index contributed by atoms with van der Waals surface area (Å²) in [5, 5.41) is 0. The summed E-state index contributed by atoms with van der Waals surface area (Å²) in [6.07, 6.45) is 8.04. The summed E-state index contributed by atoms with van der Waals surface area (Å²) in [6.45, 7) is 4.12. The van der Waals surface area contributed by atoms with Gasteiger partial charge >= 0.3 is 0 Å². The fourth-order valence-electron chi connectivity index (χ4n) is 3.85. The second kappa shape index (κ2) is 6.89. The average molecular weight is 335 g/mol. The van der Waals surface area contributed by atoms with Crippen molar-refractivity contribution in [2.75, 3.05) is 13.7 Å². The van der Waals surface area contributed by atoms with Gasteiger partial charge in [0.25, 0.3) is 0 Å². The number of aryl methyl sites for hydroxylation is 1. The number of piperidine rings is 1. The minimum atomic E-state index is 0.440. The fraction of sp³-hybridized carbons (Fsp3) is 0.381.